The number of piperidine rings is 1. The fourth-order valence-corrected chi connectivity index (χ4v) is 5.53. The SMILES string of the molecule is Bc1c2c(c(B)c(OC)c1OC)C1(B)CC(O)C(CC(C)C)CN1CC2. The topological polar surface area (TPSA) is 41.9 Å². The highest BCUT2D eigenvalue weighted by atomic mass is 16.5. The third kappa shape index (κ3) is 2.97. The van der Waals surface area contributed by atoms with Gasteiger partial charge in [-0.15, -0.1) is 0 Å². The van der Waals surface area contributed by atoms with Crippen LogP contribution in [0.5, 0.6) is 11.5 Å². The molecule has 0 spiro atoms. The molecule has 7 heteroatoms. The van der Waals surface area contributed by atoms with Crippen LogP contribution in [-0.4, -0.2) is 67.0 Å². The molecule has 2 aliphatic heterocycles. The molecule has 4 nitrogen and oxygen atoms in total. The quantitative estimate of drug-likeness (QED) is 0.654. The van der Waals surface area contributed by atoms with Gasteiger partial charge >= 0.3 is 0 Å². The molecular formula is C19H32B3NO3. The number of nitrogens with zero attached hydrogens (tertiary/aromatic N) is 1. The number of methoxy groups -OCH3 is 2. The maximum absolute atomic E-state index is 11.0. The molecule has 3 rings (SSSR count). The number of rotatable bonds is 4. The van der Waals surface area contributed by atoms with E-state index in [9.17, 15) is 5.11 Å². The van der Waals surface area contributed by atoms with Crippen molar-refractivity contribution in [3.05, 3.63) is 11.1 Å². The van der Waals surface area contributed by atoms with Gasteiger partial charge in [0.2, 0.25) is 0 Å². The maximum atomic E-state index is 11.0. The van der Waals surface area contributed by atoms with Crippen molar-refractivity contribution in [3.63, 3.8) is 0 Å². The number of aliphatic hydroxyl groups is 1. The minimum atomic E-state index is -0.252. The lowest BCUT2D eigenvalue weighted by Gasteiger charge is -2.54. The summed E-state index contributed by atoms with van der Waals surface area (Å²) in [5.74, 6) is 2.68. The van der Waals surface area contributed by atoms with E-state index in [0.717, 1.165) is 49.3 Å². The molecule has 26 heavy (non-hydrogen) atoms. The van der Waals surface area contributed by atoms with E-state index in [0.29, 0.717) is 11.8 Å². The summed E-state index contributed by atoms with van der Waals surface area (Å²) in [6.45, 7) is 6.51. The minimum absolute atomic E-state index is 0.144. The monoisotopic (exact) mass is 355 g/mol. The molecule has 0 saturated carbocycles. The molecule has 0 radical (unpaired) electrons. The van der Waals surface area contributed by atoms with Gasteiger partial charge in [-0.2, -0.15) is 0 Å². The summed E-state index contributed by atoms with van der Waals surface area (Å²) >= 11 is 0. The molecule has 2 heterocycles. The van der Waals surface area contributed by atoms with Gasteiger partial charge in [0, 0.05) is 18.5 Å². The largest absolute Gasteiger partial charge is 0.493 e. The smallest absolute Gasteiger partial charge is 0.154 e. The van der Waals surface area contributed by atoms with Crippen molar-refractivity contribution in [1.82, 2.24) is 4.90 Å². The number of ether oxygens (including phenoxy) is 2. The predicted molar refractivity (Wildman–Crippen MR) is 115 cm³/mol. The second-order valence-electron chi connectivity index (χ2n) is 8.80. The molecule has 0 bridgehead atoms. The van der Waals surface area contributed by atoms with Crippen molar-refractivity contribution in [1.29, 1.82) is 0 Å². The highest BCUT2D eigenvalue weighted by Crippen LogP contribution is 2.43. The van der Waals surface area contributed by atoms with Gasteiger partial charge in [-0.25, -0.2) is 0 Å². The Morgan fingerprint density at radius 3 is 2.38 bits per heavy atom. The molecule has 140 valence electrons. The van der Waals surface area contributed by atoms with Crippen LogP contribution in [0.4, 0.5) is 0 Å². The molecule has 1 aromatic rings. The van der Waals surface area contributed by atoms with E-state index in [-0.39, 0.29) is 11.5 Å². The van der Waals surface area contributed by atoms with Gasteiger partial charge in [-0.05, 0) is 53.2 Å². The van der Waals surface area contributed by atoms with Crippen LogP contribution in [0.25, 0.3) is 0 Å². The molecular weight excluding hydrogens is 323 g/mol. The Morgan fingerprint density at radius 2 is 1.81 bits per heavy atom. The fraction of sp³-hybridized carbons (Fsp3) is 0.684. The Bertz CT molecular complexity index is 697. The summed E-state index contributed by atoms with van der Waals surface area (Å²) in [5, 5.41) is 11.0. The van der Waals surface area contributed by atoms with Crippen LogP contribution in [0.15, 0.2) is 0 Å². The molecule has 1 N–H and O–H groups in total. The van der Waals surface area contributed by atoms with E-state index in [1.807, 2.05) is 0 Å². The molecule has 1 saturated heterocycles. The molecule has 0 amide bonds. The first-order valence-electron chi connectivity index (χ1n) is 9.92. The summed E-state index contributed by atoms with van der Waals surface area (Å²) < 4.78 is 11.4. The second-order valence-corrected chi connectivity index (χ2v) is 8.80. The zero-order valence-corrected chi connectivity index (χ0v) is 17.5. The average molecular weight is 355 g/mol. The summed E-state index contributed by atoms with van der Waals surface area (Å²) in [4.78, 5) is 2.60. The van der Waals surface area contributed by atoms with E-state index in [1.165, 1.54) is 16.6 Å². The van der Waals surface area contributed by atoms with Gasteiger partial charge in [0.1, 0.15) is 23.5 Å². The third-order valence-electron chi connectivity index (χ3n) is 6.67. The van der Waals surface area contributed by atoms with Crippen LogP contribution in [0.1, 0.15) is 37.8 Å². The Balaban J connectivity index is 2.09. The van der Waals surface area contributed by atoms with Crippen LogP contribution in [0.3, 0.4) is 0 Å². The lowest BCUT2D eigenvalue weighted by Crippen LogP contribution is -2.62. The van der Waals surface area contributed by atoms with Crippen molar-refractivity contribution >= 4 is 34.5 Å². The van der Waals surface area contributed by atoms with Gasteiger partial charge < -0.3 is 19.5 Å². The lowest BCUT2D eigenvalue weighted by molar-refractivity contribution is -0.0366. The lowest BCUT2D eigenvalue weighted by atomic mass is 9.56. The average Bonchev–Trinajstić information content (AvgIpc) is 2.57. The normalized spacial score (nSPS) is 28.5. The standard InChI is InChI=1S/C19H32B3NO3/c1-10(2)7-11-9-23-6-5-12-14(19(23,22)8-13(11)24)16(21)18(26-4)17(25-3)15(12)20/h10-11,13,24H,5-9,20-22H2,1-4H3. The third-order valence-corrected chi connectivity index (χ3v) is 6.67. The summed E-state index contributed by atoms with van der Waals surface area (Å²) in [6, 6.07) is 0. The molecule has 1 aromatic carbocycles. The highest BCUT2D eigenvalue weighted by Gasteiger charge is 2.47. The van der Waals surface area contributed by atoms with E-state index >= 15 is 0 Å². The summed E-state index contributed by atoms with van der Waals surface area (Å²) in [5.41, 5.74) is 4.93. The first kappa shape index (κ1) is 19.7. The Kier molecular flexibility index (Phi) is 5.42. The van der Waals surface area contributed by atoms with E-state index in [1.54, 1.807) is 14.2 Å². The number of hydrogen-bond donors (Lipinski definition) is 1. The number of hydrogen-bond acceptors (Lipinski definition) is 4. The van der Waals surface area contributed by atoms with Gasteiger partial charge in [0.15, 0.2) is 11.5 Å². The van der Waals surface area contributed by atoms with Crippen molar-refractivity contribution in [2.45, 2.75) is 44.7 Å². The summed E-state index contributed by atoms with van der Waals surface area (Å²) in [7, 11) is 10.0. The van der Waals surface area contributed by atoms with E-state index in [2.05, 4.69) is 42.3 Å². The van der Waals surface area contributed by atoms with E-state index < -0.39 is 0 Å². The zero-order valence-electron chi connectivity index (χ0n) is 17.5. The fourth-order valence-electron chi connectivity index (χ4n) is 5.53. The molecule has 2 aliphatic rings. The van der Waals surface area contributed by atoms with Crippen molar-refractivity contribution in [2.75, 3.05) is 27.3 Å². The van der Waals surface area contributed by atoms with Crippen LogP contribution < -0.4 is 20.4 Å². The second kappa shape index (κ2) is 7.16. The Morgan fingerprint density at radius 1 is 1.19 bits per heavy atom. The first-order valence-corrected chi connectivity index (χ1v) is 9.92. The maximum Gasteiger partial charge on any atom is 0.154 e. The van der Waals surface area contributed by atoms with Gasteiger partial charge in [-0.3, -0.25) is 0 Å². The highest BCUT2D eigenvalue weighted by molar-refractivity contribution is 6.42. The van der Waals surface area contributed by atoms with Crippen molar-refractivity contribution in [2.24, 2.45) is 11.8 Å². The molecule has 0 aromatic heterocycles. The van der Waals surface area contributed by atoms with Crippen molar-refractivity contribution in [3.8, 4) is 11.5 Å². The predicted octanol–water partition coefficient (Wildman–Crippen LogP) is -1.71. The number of aliphatic hydroxyl groups excluding tert-OH is 1. The minimum Gasteiger partial charge on any atom is -0.493 e. The number of fused-ring (bicyclic) bond motifs is 3. The number of benzene rings is 1. The van der Waals surface area contributed by atoms with Crippen LogP contribution in [0.2, 0.25) is 0 Å². The molecule has 0 aliphatic carbocycles. The molecule has 1 fully saturated rings. The zero-order chi connectivity index (χ0) is 19.2. The Labute approximate surface area is 160 Å². The summed E-state index contributed by atoms with van der Waals surface area (Å²) in [6.07, 6.45) is 2.65. The van der Waals surface area contributed by atoms with Crippen molar-refractivity contribution < 1.29 is 14.6 Å². The van der Waals surface area contributed by atoms with E-state index in [4.69, 9.17) is 9.47 Å². The van der Waals surface area contributed by atoms with Crippen LogP contribution >= 0.6 is 0 Å². The van der Waals surface area contributed by atoms with Crippen LogP contribution in [0, 0.1) is 11.8 Å². The molecule has 3 atom stereocenters. The Hall–Kier alpha value is -1.07. The van der Waals surface area contributed by atoms with Gasteiger partial charge in [0.25, 0.3) is 0 Å². The molecule has 3 unspecified atom stereocenters. The van der Waals surface area contributed by atoms with Crippen LogP contribution in [-0.2, 0) is 11.9 Å². The van der Waals surface area contributed by atoms with Gasteiger partial charge in [0.05, 0.1) is 20.3 Å². The van der Waals surface area contributed by atoms with Gasteiger partial charge in [-0.1, -0.05) is 13.8 Å². The first-order chi connectivity index (χ1) is 12.2.